The lowest BCUT2D eigenvalue weighted by Gasteiger charge is -2.19. The van der Waals surface area contributed by atoms with Crippen molar-refractivity contribution in [3.05, 3.63) is 35.8 Å². The van der Waals surface area contributed by atoms with Crippen LogP contribution in [0.4, 0.5) is 0 Å². The van der Waals surface area contributed by atoms with Gasteiger partial charge < -0.3 is 15.1 Å². The molecule has 16 heavy (non-hydrogen) atoms. The fourth-order valence-electron chi connectivity index (χ4n) is 1.41. The third-order valence-corrected chi connectivity index (χ3v) is 2.20. The maximum Gasteiger partial charge on any atom is 0.289 e. The van der Waals surface area contributed by atoms with Gasteiger partial charge in [0.25, 0.3) is 5.91 Å². The molecule has 0 atom stereocenters. The molecular weight excluding hydrogens is 204 g/mol. The predicted molar refractivity (Wildman–Crippen MR) is 63.0 cm³/mol. The molecule has 2 N–H and O–H groups in total. The first kappa shape index (κ1) is 12.5. The second-order valence-electron chi connectivity index (χ2n) is 3.75. The first-order chi connectivity index (χ1) is 7.58. The van der Waals surface area contributed by atoms with Crippen LogP contribution < -0.4 is 5.73 Å². The van der Waals surface area contributed by atoms with Gasteiger partial charge in [0.15, 0.2) is 5.76 Å². The average molecular weight is 222 g/mol. The Morgan fingerprint density at radius 2 is 2.25 bits per heavy atom. The molecule has 1 aromatic rings. The van der Waals surface area contributed by atoms with E-state index in [1.54, 1.807) is 17.0 Å². The molecule has 0 aliphatic carbocycles. The van der Waals surface area contributed by atoms with Crippen molar-refractivity contribution in [3.8, 4) is 0 Å². The lowest BCUT2D eigenvalue weighted by atomic mass is 10.3. The van der Waals surface area contributed by atoms with Crippen molar-refractivity contribution in [2.45, 2.75) is 20.4 Å². The van der Waals surface area contributed by atoms with Crippen molar-refractivity contribution >= 4 is 5.91 Å². The normalized spacial score (nSPS) is 10.2. The van der Waals surface area contributed by atoms with Crippen LogP contribution in [0.15, 0.2) is 28.7 Å². The summed E-state index contributed by atoms with van der Waals surface area (Å²) in [5.41, 5.74) is 6.37. The van der Waals surface area contributed by atoms with Gasteiger partial charge in [0.05, 0.1) is 6.54 Å². The molecule has 1 heterocycles. The Balaban J connectivity index is 2.78. The molecule has 0 bridgehead atoms. The molecule has 0 aliphatic heterocycles. The minimum absolute atomic E-state index is 0.120. The van der Waals surface area contributed by atoms with Gasteiger partial charge in [0, 0.05) is 13.1 Å². The number of nitrogens with zero attached hydrogens (tertiary/aromatic N) is 1. The highest BCUT2D eigenvalue weighted by atomic mass is 16.4. The standard InChI is InChI=1S/C12H18N2O2/c1-4-14(8-9(2)3)12(15)11-6-5-10(7-13)16-11/h5-6H,2,4,7-8,13H2,1,3H3. The molecule has 0 spiro atoms. The summed E-state index contributed by atoms with van der Waals surface area (Å²) < 4.78 is 5.31. The zero-order chi connectivity index (χ0) is 12.1. The number of carbonyl (C=O) groups excluding carboxylic acids is 1. The van der Waals surface area contributed by atoms with Gasteiger partial charge >= 0.3 is 0 Å². The number of rotatable bonds is 5. The van der Waals surface area contributed by atoms with Crippen molar-refractivity contribution in [3.63, 3.8) is 0 Å². The monoisotopic (exact) mass is 222 g/mol. The molecule has 0 aromatic carbocycles. The van der Waals surface area contributed by atoms with Crippen molar-refractivity contribution < 1.29 is 9.21 Å². The molecule has 0 unspecified atom stereocenters. The molecule has 4 nitrogen and oxygen atoms in total. The van der Waals surface area contributed by atoms with Crippen LogP contribution in [0.2, 0.25) is 0 Å². The summed E-state index contributed by atoms with van der Waals surface area (Å²) in [6, 6.07) is 3.38. The fourth-order valence-corrected chi connectivity index (χ4v) is 1.41. The van der Waals surface area contributed by atoms with Gasteiger partial charge in [-0.05, 0) is 26.0 Å². The Hall–Kier alpha value is -1.55. The Morgan fingerprint density at radius 1 is 1.56 bits per heavy atom. The molecule has 0 radical (unpaired) electrons. The Morgan fingerprint density at radius 3 is 2.69 bits per heavy atom. The molecule has 88 valence electrons. The third-order valence-electron chi connectivity index (χ3n) is 2.20. The molecule has 0 fully saturated rings. The van der Waals surface area contributed by atoms with Gasteiger partial charge in [-0.3, -0.25) is 4.79 Å². The SMILES string of the molecule is C=C(C)CN(CC)C(=O)c1ccc(CN)o1. The van der Waals surface area contributed by atoms with Crippen LogP contribution in [-0.2, 0) is 6.54 Å². The molecule has 1 aromatic heterocycles. The zero-order valence-electron chi connectivity index (χ0n) is 9.82. The third kappa shape index (κ3) is 2.97. The van der Waals surface area contributed by atoms with Gasteiger partial charge in [-0.25, -0.2) is 0 Å². The van der Waals surface area contributed by atoms with E-state index in [0.717, 1.165) is 5.57 Å². The number of hydrogen-bond donors (Lipinski definition) is 1. The highest BCUT2D eigenvalue weighted by Gasteiger charge is 2.17. The molecule has 0 saturated heterocycles. The quantitative estimate of drug-likeness (QED) is 0.772. The predicted octanol–water partition coefficient (Wildman–Crippen LogP) is 1.78. The van der Waals surface area contributed by atoms with Crippen LogP contribution in [0, 0.1) is 0 Å². The summed E-state index contributed by atoms with van der Waals surface area (Å²) in [6.45, 7) is 9.10. The summed E-state index contributed by atoms with van der Waals surface area (Å²) in [7, 11) is 0. The molecule has 4 heteroatoms. The van der Waals surface area contributed by atoms with E-state index in [4.69, 9.17) is 10.2 Å². The van der Waals surface area contributed by atoms with Gasteiger partial charge in [0.1, 0.15) is 5.76 Å². The second-order valence-corrected chi connectivity index (χ2v) is 3.75. The number of nitrogens with two attached hydrogens (primary N) is 1. The Labute approximate surface area is 95.7 Å². The van der Waals surface area contributed by atoms with Crippen LogP contribution in [0.25, 0.3) is 0 Å². The van der Waals surface area contributed by atoms with Crippen LogP contribution in [0.5, 0.6) is 0 Å². The van der Waals surface area contributed by atoms with Gasteiger partial charge in [0.2, 0.25) is 0 Å². The highest BCUT2D eigenvalue weighted by molar-refractivity contribution is 5.91. The smallest absolute Gasteiger partial charge is 0.289 e. The number of likely N-dealkylation sites (N-methyl/N-ethyl adjacent to an activating group) is 1. The molecule has 0 saturated carbocycles. The van der Waals surface area contributed by atoms with E-state index in [1.807, 2.05) is 13.8 Å². The first-order valence-corrected chi connectivity index (χ1v) is 5.31. The summed E-state index contributed by atoms with van der Waals surface area (Å²) in [4.78, 5) is 13.7. The zero-order valence-corrected chi connectivity index (χ0v) is 9.82. The van der Waals surface area contributed by atoms with E-state index >= 15 is 0 Å². The Kier molecular flexibility index (Phi) is 4.31. The van der Waals surface area contributed by atoms with E-state index < -0.39 is 0 Å². The van der Waals surface area contributed by atoms with Crippen molar-refractivity contribution in [2.24, 2.45) is 5.73 Å². The van der Waals surface area contributed by atoms with Gasteiger partial charge in [-0.15, -0.1) is 0 Å². The average Bonchev–Trinajstić information content (AvgIpc) is 2.73. The van der Waals surface area contributed by atoms with E-state index in [1.165, 1.54) is 0 Å². The number of carbonyl (C=O) groups is 1. The van der Waals surface area contributed by atoms with E-state index in [-0.39, 0.29) is 5.91 Å². The largest absolute Gasteiger partial charge is 0.455 e. The van der Waals surface area contributed by atoms with Crippen molar-refractivity contribution in [1.82, 2.24) is 4.90 Å². The summed E-state index contributed by atoms with van der Waals surface area (Å²) in [5, 5.41) is 0. The minimum atomic E-state index is -0.120. The summed E-state index contributed by atoms with van der Waals surface area (Å²) in [5.74, 6) is 0.837. The van der Waals surface area contributed by atoms with Crippen LogP contribution in [0.3, 0.4) is 0 Å². The minimum Gasteiger partial charge on any atom is -0.455 e. The number of amides is 1. The lowest BCUT2D eigenvalue weighted by Crippen LogP contribution is -2.31. The Bertz CT molecular complexity index is 382. The second kappa shape index (κ2) is 5.51. The van der Waals surface area contributed by atoms with E-state index in [0.29, 0.717) is 31.2 Å². The maximum absolute atomic E-state index is 12.0. The maximum atomic E-state index is 12.0. The topological polar surface area (TPSA) is 59.5 Å². The molecular formula is C12H18N2O2. The highest BCUT2D eigenvalue weighted by Crippen LogP contribution is 2.11. The number of furan rings is 1. The van der Waals surface area contributed by atoms with E-state index in [2.05, 4.69) is 6.58 Å². The van der Waals surface area contributed by atoms with Crippen LogP contribution in [0.1, 0.15) is 30.2 Å². The fraction of sp³-hybridized carbons (Fsp3) is 0.417. The van der Waals surface area contributed by atoms with Crippen molar-refractivity contribution in [1.29, 1.82) is 0 Å². The summed E-state index contributed by atoms with van der Waals surface area (Å²) in [6.07, 6.45) is 0. The van der Waals surface area contributed by atoms with E-state index in [9.17, 15) is 4.79 Å². The molecule has 0 aliphatic rings. The lowest BCUT2D eigenvalue weighted by molar-refractivity contribution is 0.0744. The van der Waals surface area contributed by atoms with Gasteiger partial charge in [-0.1, -0.05) is 12.2 Å². The molecule has 1 rings (SSSR count). The van der Waals surface area contributed by atoms with Gasteiger partial charge in [-0.2, -0.15) is 0 Å². The summed E-state index contributed by atoms with van der Waals surface area (Å²) >= 11 is 0. The van der Waals surface area contributed by atoms with Crippen molar-refractivity contribution in [2.75, 3.05) is 13.1 Å². The first-order valence-electron chi connectivity index (χ1n) is 5.31. The molecule has 1 amide bonds. The van der Waals surface area contributed by atoms with Crippen LogP contribution >= 0.6 is 0 Å². The number of hydrogen-bond acceptors (Lipinski definition) is 3. The van der Waals surface area contributed by atoms with Crippen LogP contribution in [-0.4, -0.2) is 23.9 Å².